The molecule has 8 aromatic rings. The molecule has 4 N–H and O–H groups in total. The van der Waals surface area contributed by atoms with Gasteiger partial charge in [-0.3, -0.25) is 19.2 Å². The monoisotopic (exact) mass is 1840 g/mol. The van der Waals surface area contributed by atoms with Crippen LogP contribution in [-0.2, 0) is 57.3 Å². The molecule has 0 aromatic heterocycles. The van der Waals surface area contributed by atoms with Gasteiger partial charge < -0.3 is 59.0 Å². The number of morpholine rings is 4. The van der Waals surface area contributed by atoms with Crippen molar-refractivity contribution in [3.05, 3.63) is 329 Å². The van der Waals surface area contributed by atoms with Crippen molar-refractivity contribution in [3.63, 3.8) is 0 Å². The number of amides is 4. The van der Waals surface area contributed by atoms with E-state index < -0.39 is 121 Å². The van der Waals surface area contributed by atoms with Gasteiger partial charge in [0.25, 0.3) is 23.6 Å². The second kappa shape index (κ2) is 47.3. The summed E-state index contributed by atoms with van der Waals surface area (Å²) in [4.78, 5) is 109. The molecular formula is C96H100Cl8N4O16. The Morgan fingerprint density at radius 3 is 0.621 bits per heavy atom. The molecule has 28 heteroatoms. The summed E-state index contributed by atoms with van der Waals surface area (Å²) >= 11 is 49.3. The lowest BCUT2D eigenvalue weighted by Crippen LogP contribution is -2.56. The SMILES string of the molecule is C=CC[C@@H]1O[C@@H](c2cccc(Cl)c2)[C@@H](c2ccc(Cl)cc2)N([C@@H](CCC)C(=O)O)C1=O.C=CC[C@@H]1O[C@@H](c2cccc(Cl)c2)[C@@H](c2ccc(Cl)cc2)N([C@H](CCC)C(=O)O)C1=O.C=CC[C@H]1O[C@H](c2cccc(Cl)c2)[C@H](c2ccc(Cl)cc2)N([C@@H](CCC)C(=O)O)C1=O.C=CC[C@H]1O[C@H](c2cccc(Cl)c2)[C@H](c2ccc(Cl)cc2)N([C@H](CCC)C(=O)O)C1=O. The lowest BCUT2D eigenvalue weighted by atomic mass is 9.89. The molecule has 4 amide bonds. The third-order valence-corrected chi connectivity index (χ3v) is 23.5. The third kappa shape index (κ3) is 24.7. The number of halogens is 8. The van der Waals surface area contributed by atoms with E-state index in [1.807, 2.05) is 76.2 Å². The number of nitrogens with zero attached hydrogens (tertiary/aromatic N) is 4. The zero-order chi connectivity index (χ0) is 90.2. The summed E-state index contributed by atoms with van der Waals surface area (Å²) in [6.07, 6.45) is 5.53. The molecular weight excluding hydrogens is 1750 g/mol. The smallest absolute Gasteiger partial charge is 0.326 e. The molecule has 0 bridgehead atoms. The number of carboxylic acid groups (broad SMARTS) is 4. The van der Waals surface area contributed by atoms with Crippen LogP contribution in [0.15, 0.2) is 245 Å². The summed E-state index contributed by atoms with van der Waals surface area (Å²) in [5, 5.41) is 44.3. The zero-order valence-corrected chi connectivity index (χ0v) is 74.9. The minimum atomic E-state index is -1.04. The van der Waals surface area contributed by atoms with Gasteiger partial charge in [0.15, 0.2) is 0 Å². The van der Waals surface area contributed by atoms with Crippen molar-refractivity contribution >= 4 is 140 Å². The molecule has 8 aromatic carbocycles. The molecule has 16 atom stereocenters. The number of aliphatic carboxylic acids is 4. The largest absolute Gasteiger partial charge is 0.480 e. The van der Waals surface area contributed by atoms with E-state index >= 15 is 0 Å². The van der Waals surface area contributed by atoms with Gasteiger partial charge in [0.1, 0.15) is 73.0 Å². The van der Waals surface area contributed by atoms with Gasteiger partial charge in [-0.05, 0) is 167 Å². The molecule has 4 aliphatic heterocycles. The fraction of sp³-hybridized carbons (Fsp3) is 0.333. The Morgan fingerprint density at radius 1 is 0.298 bits per heavy atom. The summed E-state index contributed by atoms with van der Waals surface area (Å²) in [7, 11) is 0. The van der Waals surface area contributed by atoms with E-state index in [0.717, 1.165) is 44.5 Å². The van der Waals surface area contributed by atoms with E-state index in [9.17, 15) is 58.8 Å². The number of rotatable bonds is 32. The molecule has 12 rings (SSSR count). The fourth-order valence-electron chi connectivity index (χ4n) is 16.0. The van der Waals surface area contributed by atoms with Gasteiger partial charge in [0, 0.05) is 65.9 Å². The van der Waals surface area contributed by atoms with E-state index in [2.05, 4.69) is 26.3 Å². The molecule has 4 saturated heterocycles. The maximum Gasteiger partial charge on any atom is 0.326 e. The highest BCUT2D eigenvalue weighted by molar-refractivity contribution is 6.32. The fourth-order valence-corrected chi connectivity index (χ4v) is 17.3. The van der Waals surface area contributed by atoms with Crippen molar-refractivity contribution in [1.82, 2.24) is 19.6 Å². The number of benzene rings is 8. The van der Waals surface area contributed by atoms with Gasteiger partial charge in [0.2, 0.25) is 0 Å². The Morgan fingerprint density at radius 2 is 0.476 bits per heavy atom. The van der Waals surface area contributed by atoms with Crippen LogP contribution >= 0.6 is 92.8 Å². The number of ether oxygens (including phenoxy) is 4. The van der Waals surface area contributed by atoms with Crippen LogP contribution in [0, 0.1) is 0 Å². The number of carboxylic acids is 4. The van der Waals surface area contributed by atoms with Crippen molar-refractivity contribution in [1.29, 1.82) is 0 Å². The lowest BCUT2D eigenvalue weighted by molar-refractivity contribution is -0.184. The van der Waals surface area contributed by atoms with Crippen LogP contribution in [-0.4, -0.2) is 136 Å². The Hall–Kier alpha value is -9.36. The van der Waals surface area contributed by atoms with Gasteiger partial charge in [-0.1, -0.05) is 268 Å². The van der Waals surface area contributed by atoms with Crippen molar-refractivity contribution in [2.24, 2.45) is 0 Å². The normalized spacial score (nSPS) is 22.2. The van der Waals surface area contributed by atoms with Crippen molar-refractivity contribution in [2.45, 2.75) is 202 Å². The average molecular weight is 1850 g/mol. The van der Waals surface area contributed by atoms with Gasteiger partial charge in [-0.25, -0.2) is 19.2 Å². The predicted octanol–water partition coefficient (Wildman–Crippen LogP) is 23.3. The summed E-state index contributed by atoms with van der Waals surface area (Å²) in [5.41, 5.74) is 6.01. The van der Waals surface area contributed by atoms with E-state index in [1.165, 1.54) is 19.6 Å². The Bertz CT molecular complexity index is 4410. The first-order chi connectivity index (χ1) is 59.5. The zero-order valence-electron chi connectivity index (χ0n) is 68.8. The average Bonchev–Trinajstić information content (AvgIpc) is 0.771. The molecule has 0 saturated carbocycles. The van der Waals surface area contributed by atoms with Gasteiger partial charge in [-0.2, -0.15) is 0 Å². The summed E-state index contributed by atoms with van der Waals surface area (Å²) in [5.74, 6) is -5.62. The van der Waals surface area contributed by atoms with Crippen molar-refractivity contribution < 1.29 is 77.7 Å². The molecule has 0 aliphatic carbocycles. The van der Waals surface area contributed by atoms with Crippen LogP contribution < -0.4 is 0 Å². The minimum Gasteiger partial charge on any atom is -0.480 e. The number of carbonyl (C=O) groups is 8. The number of carbonyl (C=O) groups excluding carboxylic acids is 4. The summed E-state index contributed by atoms with van der Waals surface area (Å²) in [6, 6.07) is 50.4. The second-order valence-electron chi connectivity index (χ2n) is 30.0. The first-order valence-corrected chi connectivity index (χ1v) is 43.8. The van der Waals surface area contributed by atoms with Crippen LogP contribution in [0.25, 0.3) is 0 Å². The van der Waals surface area contributed by atoms with Gasteiger partial charge in [-0.15, -0.1) is 26.3 Å². The van der Waals surface area contributed by atoms with E-state index in [-0.39, 0.29) is 49.3 Å². The van der Waals surface area contributed by atoms with Gasteiger partial charge >= 0.3 is 23.9 Å². The predicted molar refractivity (Wildman–Crippen MR) is 485 cm³/mol. The molecule has 0 radical (unpaired) electrons. The molecule has 20 nitrogen and oxygen atoms in total. The van der Waals surface area contributed by atoms with Crippen LogP contribution in [0.4, 0.5) is 0 Å². The minimum absolute atomic E-state index is 0.276. The summed E-state index contributed by atoms with van der Waals surface area (Å²) < 4.78 is 25.1. The van der Waals surface area contributed by atoms with Crippen molar-refractivity contribution in [3.8, 4) is 0 Å². The lowest BCUT2D eigenvalue weighted by Gasteiger charge is -2.47. The molecule has 4 fully saturated rings. The highest BCUT2D eigenvalue weighted by Crippen LogP contribution is 2.50. The third-order valence-electron chi connectivity index (χ3n) is 21.5. The standard InChI is InChI=1S/4C24H25Cl2NO4/c4*1-3-6-19(24(29)30)27-21(15-10-12-17(25)13-11-15)22(16-8-5-9-18(26)14-16)31-20(7-4-2)23(27)28/h4*4-5,8-14,19-22H,2-3,6-7H2,1H3,(H,29,30)/t2*19-,20+,21-,22+;2*19-,20-,21+,22-/m1010/s1. The first-order valence-electron chi connectivity index (χ1n) is 40.8. The molecule has 4 heterocycles. The molecule has 0 unspecified atom stereocenters. The second-order valence-corrected chi connectivity index (χ2v) is 33.5. The van der Waals surface area contributed by atoms with Crippen LogP contribution in [0.3, 0.4) is 0 Å². The molecule has 0 spiro atoms. The maximum atomic E-state index is 13.5. The molecule has 656 valence electrons. The topological polar surface area (TPSA) is 267 Å². The highest BCUT2D eigenvalue weighted by atomic mass is 35.5. The molecule has 124 heavy (non-hydrogen) atoms. The van der Waals surface area contributed by atoms with Crippen molar-refractivity contribution in [2.75, 3.05) is 0 Å². The quantitative estimate of drug-likeness (QED) is 0.0285. The van der Waals surface area contributed by atoms with Crippen LogP contribution in [0.1, 0.15) is 198 Å². The van der Waals surface area contributed by atoms with Gasteiger partial charge in [0.05, 0.1) is 24.2 Å². The maximum absolute atomic E-state index is 13.5. The first kappa shape index (κ1) is 98.4. The number of hydrogen-bond acceptors (Lipinski definition) is 12. The Balaban J connectivity index is 0.000000187. The summed E-state index contributed by atoms with van der Waals surface area (Å²) in [6.45, 7) is 22.5. The van der Waals surface area contributed by atoms with E-state index in [1.54, 1.807) is 170 Å². The Labute approximate surface area is 763 Å². The van der Waals surface area contributed by atoms with Crippen LogP contribution in [0.5, 0.6) is 0 Å². The number of hydrogen-bond donors (Lipinski definition) is 4. The molecule has 4 aliphatic rings. The van der Waals surface area contributed by atoms with E-state index in [0.29, 0.717) is 91.5 Å². The van der Waals surface area contributed by atoms with E-state index in [4.69, 9.17) is 112 Å². The highest BCUT2D eigenvalue weighted by Gasteiger charge is 2.53. The van der Waals surface area contributed by atoms with Crippen LogP contribution in [0.2, 0.25) is 40.2 Å². The Kier molecular flexibility index (Phi) is 37.5.